The molecule has 2 saturated heterocycles. The van der Waals surface area contributed by atoms with Gasteiger partial charge in [0.2, 0.25) is 5.91 Å². The molecule has 2 heterocycles. The van der Waals surface area contributed by atoms with Crippen molar-refractivity contribution in [3.8, 4) is 5.75 Å². The van der Waals surface area contributed by atoms with Crippen LogP contribution in [0.5, 0.6) is 5.75 Å². The zero-order chi connectivity index (χ0) is 21.7. The van der Waals surface area contributed by atoms with Crippen LogP contribution < -0.4 is 10.1 Å². The van der Waals surface area contributed by atoms with Crippen LogP contribution in [0.25, 0.3) is 0 Å². The summed E-state index contributed by atoms with van der Waals surface area (Å²) in [6.45, 7) is 13.1. The number of benzene rings is 1. The van der Waals surface area contributed by atoms with Crippen molar-refractivity contribution in [2.75, 3.05) is 52.9 Å². The Morgan fingerprint density at radius 2 is 1.77 bits per heavy atom. The number of rotatable bonds is 7. The fourth-order valence-corrected chi connectivity index (χ4v) is 4.36. The van der Waals surface area contributed by atoms with Crippen LogP contribution in [0, 0.1) is 5.92 Å². The lowest BCUT2D eigenvalue weighted by molar-refractivity contribution is -0.133. The molecule has 2 atom stereocenters. The summed E-state index contributed by atoms with van der Waals surface area (Å²) in [5, 5.41) is 2.96. The minimum absolute atomic E-state index is 0.0202. The number of nitrogens with one attached hydrogen (secondary N) is 1. The molecule has 2 aliphatic rings. The number of piperazine rings is 1. The Morgan fingerprint density at radius 1 is 1.10 bits per heavy atom. The van der Waals surface area contributed by atoms with Crippen LogP contribution in [0.1, 0.15) is 37.6 Å². The summed E-state index contributed by atoms with van der Waals surface area (Å²) < 4.78 is 5.15. The Balaban J connectivity index is 1.58. The van der Waals surface area contributed by atoms with Gasteiger partial charge in [-0.2, -0.15) is 0 Å². The molecule has 0 radical (unpaired) electrons. The number of likely N-dealkylation sites (N-methyl/N-ethyl adjacent to an activating group) is 1. The SMILES string of the molecule is CCN1CCN(C2CCN(C(=O)C(NC(=O)c3ccc(OC)cc3)C(C)C)C2)CC1. The third-order valence-corrected chi connectivity index (χ3v) is 6.42. The molecule has 2 amide bonds. The highest BCUT2D eigenvalue weighted by Crippen LogP contribution is 2.20. The molecule has 1 aromatic carbocycles. The number of likely N-dealkylation sites (tertiary alicyclic amines) is 1. The summed E-state index contributed by atoms with van der Waals surface area (Å²) in [5.41, 5.74) is 0.530. The monoisotopic (exact) mass is 416 g/mol. The highest BCUT2D eigenvalue weighted by Gasteiger charge is 2.36. The van der Waals surface area contributed by atoms with Crippen LogP contribution in [0.2, 0.25) is 0 Å². The summed E-state index contributed by atoms with van der Waals surface area (Å²) in [6.07, 6.45) is 1.01. The first-order valence-electron chi connectivity index (χ1n) is 11.1. The molecule has 2 fully saturated rings. The van der Waals surface area contributed by atoms with Crippen molar-refractivity contribution < 1.29 is 14.3 Å². The Hall–Kier alpha value is -2.12. The topological polar surface area (TPSA) is 65.1 Å². The van der Waals surface area contributed by atoms with E-state index in [2.05, 4.69) is 22.0 Å². The van der Waals surface area contributed by atoms with Crippen molar-refractivity contribution >= 4 is 11.8 Å². The van der Waals surface area contributed by atoms with Gasteiger partial charge in [0.15, 0.2) is 0 Å². The van der Waals surface area contributed by atoms with Crippen LogP contribution in [-0.2, 0) is 4.79 Å². The first-order chi connectivity index (χ1) is 14.4. The predicted octanol–water partition coefficient (Wildman–Crippen LogP) is 1.69. The van der Waals surface area contributed by atoms with E-state index in [9.17, 15) is 9.59 Å². The number of carbonyl (C=O) groups excluding carboxylic acids is 2. The standard InChI is InChI=1S/C23H36N4O3/c1-5-25-12-14-26(15-13-25)19-10-11-27(16-19)23(29)21(17(2)3)24-22(28)18-6-8-20(30-4)9-7-18/h6-9,17,19,21H,5,10-16H2,1-4H3,(H,24,28). The molecule has 0 bridgehead atoms. The molecule has 7 heteroatoms. The Labute approximate surface area is 180 Å². The molecule has 1 N–H and O–H groups in total. The van der Waals surface area contributed by atoms with Gasteiger partial charge in [-0.05, 0) is 43.1 Å². The maximum atomic E-state index is 13.2. The number of hydrogen-bond acceptors (Lipinski definition) is 5. The molecule has 0 spiro atoms. The van der Waals surface area contributed by atoms with Crippen LogP contribution in [0.3, 0.4) is 0 Å². The Morgan fingerprint density at radius 3 is 2.33 bits per heavy atom. The molecule has 1 aromatic rings. The van der Waals surface area contributed by atoms with Crippen LogP contribution in [-0.4, -0.2) is 91.5 Å². The van der Waals surface area contributed by atoms with Gasteiger partial charge >= 0.3 is 0 Å². The van der Waals surface area contributed by atoms with Crippen molar-refractivity contribution in [2.24, 2.45) is 5.92 Å². The third-order valence-electron chi connectivity index (χ3n) is 6.42. The fraction of sp³-hybridized carbons (Fsp3) is 0.652. The molecule has 166 valence electrons. The first-order valence-corrected chi connectivity index (χ1v) is 11.1. The summed E-state index contributed by atoms with van der Waals surface area (Å²) in [4.78, 5) is 32.9. The maximum absolute atomic E-state index is 13.2. The van der Waals surface area contributed by atoms with E-state index in [0.29, 0.717) is 17.4 Å². The van der Waals surface area contributed by atoms with E-state index in [1.807, 2.05) is 18.7 Å². The molecular formula is C23H36N4O3. The number of nitrogens with zero attached hydrogens (tertiary/aromatic N) is 3. The summed E-state index contributed by atoms with van der Waals surface area (Å²) in [6, 6.07) is 6.86. The van der Waals surface area contributed by atoms with Gasteiger partial charge in [0.25, 0.3) is 5.91 Å². The molecule has 0 aromatic heterocycles. The second kappa shape index (κ2) is 10.3. The van der Waals surface area contributed by atoms with Crippen molar-refractivity contribution in [1.82, 2.24) is 20.0 Å². The van der Waals surface area contributed by atoms with Crippen LogP contribution >= 0.6 is 0 Å². The van der Waals surface area contributed by atoms with Gasteiger partial charge in [0, 0.05) is 50.9 Å². The maximum Gasteiger partial charge on any atom is 0.251 e. The zero-order valence-corrected chi connectivity index (χ0v) is 18.8. The van der Waals surface area contributed by atoms with Gasteiger partial charge in [-0.25, -0.2) is 0 Å². The molecular weight excluding hydrogens is 380 g/mol. The number of amides is 2. The van der Waals surface area contributed by atoms with Crippen molar-refractivity contribution in [1.29, 1.82) is 0 Å². The van der Waals surface area contributed by atoms with Gasteiger partial charge in [-0.1, -0.05) is 20.8 Å². The highest BCUT2D eigenvalue weighted by molar-refractivity contribution is 5.97. The number of methoxy groups -OCH3 is 1. The number of hydrogen-bond donors (Lipinski definition) is 1. The number of carbonyl (C=O) groups is 2. The van der Waals surface area contributed by atoms with Crippen molar-refractivity contribution in [3.05, 3.63) is 29.8 Å². The molecule has 30 heavy (non-hydrogen) atoms. The third kappa shape index (κ3) is 5.32. The molecule has 0 saturated carbocycles. The lowest BCUT2D eigenvalue weighted by Gasteiger charge is -2.37. The van der Waals surface area contributed by atoms with E-state index < -0.39 is 6.04 Å². The minimum Gasteiger partial charge on any atom is -0.497 e. The summed E-state index contributed by atoms with van der Waals surface area (Å²) >= 11 is 0. The van der Waals surface area contributed by atoms with Gasteiger partial charge in [-0.3, -0.25) is 14.5 Å². The van der Waals surface area contributed by atoms with E-state index in [1.165, 1.54) is 0 Å². The molecule has 3 rings (SSSR count). The average Bonchev–Trinajstić information content (AvgIpc) is 3.27. The average molecular weight is 417 g/mol. The summed E-state index contributed by atoms with van der Waals surface area (Å²) in [7, 11) is 1.59. The van der Waals surface area contributed by atoms with Gasteiger partial charge in [-0.15, -0.1) is 0 Å². The minimum atomic E-state index is -0.518. The van der Waals surface area contributed by atoms with Gasteiger partial charge in [0.05, 0.1) is 7.11 Å². The second-order valence-corrected chi connectivity index (χ2v) is 8.62. The number of ether oxygens (including phenoxy) is 1. The first kappa shape index (κ1) is 22.6. The van der Waals surface area contributed by atoms with Gasteiger partial charge in [0.1, 0.15) is 11.8 Å². The van der Waals surface area contributed by atoms with E-state index in [-0.39, 0.29) is 17.7 Å². The quantitative estimate of drug-likeness (QED) is 0.733. The van der Waals surface area contributed by atoms with E-state index in [4.69, 9.17) is 4.74 Å². The lowest BCUT2D eigenvalue weighted by Crippen LogP contribution is -2.53. The van der Waals surface area contributed by atoms with Crippen LogP contribution in [0.4, 0.5) is 0 Å². The largest absolute Gasteiger partial charge is 0.497 e. The Bertz CT molecular complexity index is 714. The molecule has 2 unspecified atom stereocenters. The molecule has 2 aliphatic heterocycles. The van der Waals surface area contributed by atoms with E-state index in [1.54, 1.807) is 31.4 Å². The van der Waals surface area contributed by atoms with Crippen molar-refractivity contribution in [2.45, 2.75) is 39.3 Å². The fourth-order valence-electron chi connectivity index (χ4n) is 4.36. The normalized spacial score (nSPS) is 21.6. The zero-order valence-electron chi connectivity index (χ0n) is 18.8. The van der Waals surface area contributed by atoms with Gasteiger partial charge < -0.3 is 19.9 Å². The smallest absolute Gasteiger partial charge is 0.251 e. The van der Waals surface area contributed by atoms with E-state index in [0.717, 1.165) is 52.2 Å². The van der Waals surface area contributed by atoms with Crippen molar-refractivity contribution in [3.63, 3.8) is 0 Å². The highest BCUT2D eigenvalue weighted by atomic mass is 16.5. The van der Waals surface area contributed by atoms with Crippen LogP contribution in [0.15, 0.2) is 24.3 Å². The Kier molecular flexibility index (Phi) is 7.72. The lowest BCUT2D eigenvalue weighted by atomic mass is 10.0. The molecule has 7 nitrogen and oxygen atoms in total. The second-order valence-electron chi connectivity index (χ2n) is 8.62. The predicted molar refractivity (Wildman–Crippen MR) is 118 cm³/mol. The van der Waals surface area contributed by atoms with E-state index >= 15 is 0 Å². The molecule has 0 aliphatic carbocycles. The summed E-state index contributed by atoms with van der Waals surface area (Å²) in [5.74, 6) is 0.524.